The molecule has 9 heteroatoms. The van der Waals surface area contributed by atoms with Gasteiger partial charge in [0, 0.05) is 10.7 Å². The number of aryl methyl sites for hydroxylation is 1. The molecule has 1 N–H and O–H groups in total. The lowest BCUT2D eigenvalue weighted by atomic mass is 10.1. The van der Waals surface area contributed by atoms with E-state index < -0.39 is 5.91 Å². The highest BCUT2D eigenvalue weighted by Gasteiger charge is 2.14. The monoisotopic (exact) mass is 626 g/mol. The molecule has 0 aliphatic rings. The van der Waals surface area contributed by atoms with Gasteiger partial charge in [-0.15, -0.1) is 0 Å². The van der Waals surface area contributed by atoms with Gasteiger partial charge >= 0.3 is 0 Å². The maximum absolute atomic E-state index is 12.6. The highest BCUT2D eigenvalue weighted by Crippen LogP contribution is 2.36. The van der Waals surface area contributed by atoms with E-state index in [-0.39, 0.29) is 12.2 Å². The Hall–Kier alpha value is -2.01. The molecule has 0 aliphatic heterocycles. The predicted octanol–water partition coefficient (Wildman–Crippen LogP) is 8.60. The van der Waals surface area contributed by atoms with E-state index in [4.69, 9.17) is 39.5 Å². The van der Waals surface area contributed by atoms with Gasteiger partial charge in [0.2, 0.25) is 0 Å². The number of halogens is 5. The molecular formula is C24H15Br2Cl3N2O2. The number of carbonyl (C=O) groups is 1. The van der Waals surface area contributed by atoms with E-state index in [0.29, 0.717) is 41.0 Å². The minimum atomic E-state index is -0.532. The Bertz CT molecular complexity index is 1280. The molecule has 0 aromatic heterocycles. The lowest BCUT2D eigenvalue weighted by molar-refractivity contribution is -0.112. The summed E-state index contributed by atoms with van der Waals surface area (Å²) in [6.45, 7) is 2.11. The van der Waals surface area contributed by atoms with E-state index in [1.807, 2.05) is 19.1 Å². The molecule has 0 saturated heterocycles. The molecule has 3 aromatic rings. The summed E-state index contributed by atoms with van der Waals surface area (Å²) in [5.41, 5.74) is 2.80. The number of nitriles is 1. The third-order valence-corrected chi connectivity index (χ3v) is 6.66. The highest BCUT2D eigenvalue weighted by molar-refractivity contribution is 9.11. The first-order chi connectivity index (χ1) is 15.7. The molecule has 3 rings (SSSR count). The van der Waals surface area contributed by atoms with E-state index in [1.165, 1.54) is 6.08 Å². The molecule has 0 unspecified atom stereocenters. The molecule has 4 nitrogen and oxygen atoms in total. The van der Waals surface area contributed by atoms with Crippen molar-refractivity contribution in [1.29, 1.82) is 5.26 Å². The fourth-order valence-corrected chi connectivity index (χ4v) is 4.76. The molecule has 168 valence electrons. The van der Waals surface area contributed by atoms with Crippen molar-refractivity contribution in [3.8, 4) is 11.8 Å². The van der Waals surface area contributed by atoms with E-state index in [9.17, 15) is 10.1 Å². The van der Waals surface area contributed by atoms with Crippen LogP contribution in [-0.2, 0) is 11.4 Å². The number of carbonyl (C=O) groups excluding carboxylic acids is 1. The number of anilines is 1. The fraction of sp³-hybridized carbons (Fsp3) is 0.0833. The van der Waals surface area contributed by atoms with Crippen LogP contribution >= 0.6 is 66.7 Å². The van der Waals surface area contributed by atoms with Crippen LogP contribution in [0.15, 0.2) is 63.0 Å². The number of rotatable bonds is 6. The van der Waals surface area contributed by atoms with Gasteiger partial charge in [0.25, 0.3) is 5.91 Å². The van der Waals surface area contributed by atoms with Crippen molar-refractivity contribution in [2.45, 2.75) is 13.5 Å². The second kappa shape index (κ2) is 11.4. The third kappa shape index (κ3) is 6.75. The Balaban J connectivity index is 1.79. The molecule has 0 radical (unpaired) electrons. The van der Waals surface area contributed by atoms with Crippen molar-refractivity contribution in [3.05, 3.63) is 94.8 Å². The lowest BCUT2D eigenvalue weighted by Crippen LogP contribution is -2.14. The topological polar surface area (TPSA) is 62.1 Å². The number of amides is 1. The SMILES string of the molecule is Cc1ccc(Cl)cc1NC(=O)/C(C#N)=C/c1cc(Br)c(OCc2ccc(Cl)c(Cl)c2)c(Br)c1. The van der Waals surface area contributed by atoms with Gasteiger partial charge in [0.15, 0.2) is 0 Å². The molecular weight excluding hydrogens is 614 g/mol. The summed E-state index contributed by atoms with van der Waals surface area (Å²) in [5.74, 6) is 0.0331. The van der Waals surface area contributed by atoms with E-state index in [1.54, 1.807) is 42.5 Å². The Labute approximate surface area is 223 Å². The van der Waals surface area contributed by atoms with E-state index >= 15 is 0 Å². The van der Waals surface area contributed by atoms with Gasteiger partial charge in [0.1, 0.15) is 24.0 Å². The van der Waals surface area contributed by atoms with Crippen LogP contribution in [0.3, 0.4) is 0 Å². The van der Waals surface area contributed by atoms with Crippen molar-refractivity contribution < 1.29 is 9.53 Å². The normalized spacial score (nSPS) is 11.1. The van der Waals surface area contributed by atoms with E-state index in [2.05, 4.69) is 37.2 Å². The Morgan fingerprint density at radius 3 is 2.39 bits per heavy atom. The molecule has 0 bridgehead atoms. The van der Waals surface area contributed by atoms with Crippen LogP contribution in [0, 0.1) is 18.3 Å². The van der Waals surface area contributed by atoms with E-state index in [0.717, 1.165) is 11.1 Å². The van der Waals surface area contributed by atoms with Crippen molar-refractivity contribution >= 4 is 84.3 Å². The number of nitrogens with one attached hydrogen (secondary N) is 1. The molecule has 0 fully saturated rings. The summed E-state index contributed by atoms with van der Waals surface area (Å²) >= 11 is 25.0. The smallest absolute Gasteiger partial charge is 0.266 e. The van der Waals surface area contributed by atoms with Gasteiger partial charge in [-0.25, -0.2) is 0 Å². The summed E-state index contributed by atoms with van der Waals surface area (Å²) in [4.78, 5) is 12.6. The molecule has 0 saturated carbocycles. The van der Waals surface area contributed by atoms with Crippen LogP contribution in [0.5, 0.6) is 5.75 Å². The first-order valence-corrected chi connectivity index (χ1v) is 12.1. The fourth-order valence-electron chi connectivity index (χ4n) is 2.82. The number of benzene rings is 3. The van der Waals surface area contributed by atoms with Crippen LogP contribution in [0.25, 0.3) is 6.08 Å². The van der Waals surface area contributed by atoms with Crippen LogP contribution in [-0.4, -0.2) is 5.91 Å². The second-order valence-corrected chi connectivity index (χ2v) is 9.89. The van der Waals surface area contributed by atoms with Crippen LogP contribution in [0.4, 0.5) is 5.69 Å². The van der Waals surface area contributed by atoms with Gasteiger partial charge in [0.05, 0.1) is 19.0 Å². The summed E-state index contributed by atoms with van der Waals surface area (Å²) in [7, 11) is 0. The predicted molar refractivity (Wildman–Crippen MR) is 141 cm³/mol. The molecule has 33 heavy (non-hydrogen) atoms. The minimum Gasteiger partial charge on any atom is -0.487 e. The molecule has 0 heterocycles. The molecule has 0 aliphatic carbocycles. The number of nitrogens with zero attached hydrogens (tertiary/aromatic N) is 1. The minimum absolute atomic E-state index is 0.0577. The Kier molecular flexibility index (Phi) is 8.86. The molecule has 3 aromatic carbocycles. The molecule has 0 spiro atoms. The van der Waals surface area contributed by atoms with Gasteiger partial charge in [-0.3, -0.25) is 4.79 Å². The van der Waals surface area contributed by atoms with Crippen LogP contribution in [0.1, 0.15) is 16.7 Å². The summed E-state index contributed by atoms with van der Waals surface area (Å²) < 4.78 is 7.20. The first-order valence-electron chi connectivity index (χ1n) is 9.43. The quantitative estimate of drug-likeness (QED) is 0.220. The van der Waals surface area contributed by atoms with Gasteiger partial charge in [-0.1, -0.05) is 46.9 Å². The van der Waals surface area contributed by atoms with Crippen molar-refractivity contribution in [1.82, 2.24) is 0 Å². The van der Waals surface area contributed by atoms with Crippen molar-refractivity contribution in [3.63, 3.8) is 0 Å². The zero-order valence-electron chi connectivity index (χ0n) is 17.1. The number of hydrogen-bond donors (Lipinski definition) is 1. The average Bonchev–Trinajstić information content (AvgIpc) is 2.76. The first kappa shape index (κ1) is 25.6. The second-order valence-electron chi connectivity index (χ2n) is 6.93. The standard InChI is InChI=1S/C24H15Br2Cl3N2O2/c1-13-2-4-17(27)10-22(13)31-24(32)16(11-30)6-15-7-18(25)23(19(26)8-15)33-12-14-3-5-20(28)21(29)9-14/h2-10H,12H2,1H3,(H,31,32)/b16-6+. The zero-order valence-corrected chi connectivity index (χ0v) is 22.5. The van der Waals surface area contributed by atoms with Crippen molar-refractivity contribution in [2.75, 3.05) is 5.32 Å². The molecule has 1 amide bonds. The largest absolute Gasteiger partial charge is 0.487 e. The zero-order chi connectivity index (χ0) is 24.1. The third-order valence-electron chi connectivity index (χ3n) is 4.51. The maximum atomic E-state index is 12.6. The number of hydrogen-bond acceptors (Lipinski definition) is 3. The Morgan fingerprint density at radius 1 is 1.06 bits per heavy atom. The van der Waals surface area contributed by atoms with Crippen molar-refractivity contribution in [2.24, 2.45) is 0 Å². The summed E-state index contributed by atoms with van der Waals surface area (Å²) in [6, 6.07) is 15.9. The lowest BCUT2D eigenvalue weighted by Gasteiger charge is -2.12. The van der Waals surface area contributed by atoms with Gasteiger partial charge in [-0.05, 0) is 97.9 Å². The number of ether oxygens (including phenoxy) is 1. The molecule has 0 atom stereocenters. The highest BCUT2D eigenvalue weighted by atomic mass is 79.9. The average molecular weight is 630 g/mol. The van der Waals surface area contributed by atoms with Crippen LogP contribution < -0.4 is 10.1 Å². The summed E-state index contributed by atoms with van der Waals surface area (Å²) in [5, 5.41) is 13.7. The maximum Gasteiger partial charge on any atom is 0.266 e. The van der Waals surface area contributed by atoms with Gasteiger partial charge < -0.3 is 10.1 Å². The van der Waals surface area contributed by atoms with Crippen LogP contribution in [0.2, 0.25) is 15.1 Å². The summed E-state index contributed by atoms with van der Waals surface area (Å²) in [6.07, 6.45) is 1.49. The van der Waals surface area contributed by atoms with Gasteiger partial charge in [-0.2, -0.15) is 5.26 Å². The Morgan fingerprint density at radius 2 is 1.76 bits per heavy atom.